The third-order valence-electron chi connectivity index (χ3n) is 1.28. The van der Waals surface area contributed by atoms with Crippen molar-refractivity contribution in [3.8, 4) is 0 Å². The van der Waals surface area contributed by atoms with E-state index in [4.69, 9.17) is 0 Å². The molecular weight excluding hydrogens is 236 g/mol. The molecule has 0 aromatic heterocycles. The largest absolute Gasteiger partial charge is 2.00 e. The summed E-state index contributed by atoms with van der Waals surface area (Å²) < 4.78 is 0. The van der Waals surface area contributed by atoms with Crippen molar-refractivity contribution < 1.29 is 17.0 Å². The van der Waals surface area contributed by atoms with Gasteiger partial charge >= 0.3 is 23.1 Å². The molecule has 0 heterocycles. The Morgan fingerprint density at radius 3 is 1.46 bits per heavy atom. The Hall–Kier alpha value is 0.466. The van der Waals surface area contributed by atoms with Gasteiger partial charge in [-0.1, -0.05) is 34.6 Å². The molecule has 1 aromatic rings. The van der Waals surface area contributed by atoms with Crippen LogP contribution in [0.4, 0.5) is 0 Å². The number of hydrogen-bond donors (Lipinski definition) is 0. The Bertz CT molecular complexity index is 171. The molecule has 0 aliphatic rings. The van der Waals surface area contributed by atoms with E-state index in [0.717, 1.165) is 0 Å². The predicted molar refractivity (Wildman–Crippen MR) is 56.6 cm³/mol. The average molecular weight is 253 g/mol. The maximum Gasteiger partial charge on any atom is 2.00 e. The maximum atomic E-state index is 3.21. The van der Waals surface area contributed by atoms with Gasteiger partial charge in [0.2, 0.25) is 0 Å². The topological polar surface area (TPSA) is 0 Å². The first-order chi connectivity index (χ1) is 5.18. The molecule has 0 bridgehead atoms. The first kappa shape index (κ1) is 19.1. The minimum atomic E-state index is 0. The fourth-order valence-electron chi connectivity index (χ4n) is 1.11. The minimum absolute atomic E-state index is 0. The Balaban J connectivity index is -0.000000234. The summed E-state index contributed by atoms with van der Waals surface area (Å²) in [6.07, 6.45) is 0. The molecule has 0 amide bonds. The van der Waals surface area contributed by atoms with Gasteiger partial charge in [-0.2, -0.15) is 34.9 Å². The first-order valence-electron chi connectivity index (χ1n) is 4.15. The molecule has 0 aliphatic heterocycles. The second-order valence-corrected chi connectivity index (χ2v) is 2.52. The minimum Gasteiger partial charge on any atom is -1.00 e. The quantitative estimate of drug-likeness (QED) is 0.453. The molecular formula is C11H17BrMg. The van der Waals surface area contributed by atoms with Crippen LogP contribution in [0.1, 0.15) is 30.5 Å². The zero-order valence-corrected chi connectivity index (χ0v) is 12.2. The second kappa shape index (κ2) is 10.5. The third kappa shape index (κ3) is 8.79. The molecule has 0 unspecified atom stereocenters. The summed E-state index contributed by atoms with van der Waals surface area (Å²) in [5, 5.41) is 0. The Morgan fingerprint density at radius 2 is 1.23 bits per heavy atom. The molecule has 1 aromatic carbocycles. The number of rotatable bonds is 0. The van der Waals surface area contributed by atoms with Crippen molar-refractivity contribution in [3.05, 3.63) is 34.9 Å². The van der Waals surface area contributed by atoms with Gasteiger partial charge in [-0.25, -0.2) is 0 Å². The van der Waals surface area contributed by atoms with E-state index < -0.39 is 0 Å². The van der Waals surface area contributed by atoms with E-state index in [1.165, 1.54) is 16.7 Å². The molecule has 0 aliphatic carbocycles. The van der Waals surface area contributed by atoms with Crippen molar-refractivity contribution in [2.24, 2.45) is 0 Å². The molecule has 0 saturated carbocycles. The van der Waals surface area contributed by atoms with Gasteiger partial charge < -0.3 is 17.0 Å². The van der Waals surface area contributed by atoms with E-state index in [1.54, 1.807) is 0 Å². The van der Waals surface area contributed by atoms with Crippen LogP contribution >= 0.6 is 0 Å². The molecule has 0 radical (unpaired) electrons. The predicted octanol–water partition coefficient (Wildman–Crippen LogP) is 0.0615. The van der Waals surface area contributed by atoms with Gasteiger partial charge in [-0.15, -0.1) is 0 Å². The van der Waals surface area contributed by atoms with Gasteiger partial charge in [0.1, 0.15) is 0 Å². The van der Waals surface area contributed by atoms with Gasteiger partial charge in [0.25, 0.3) is 0 Å². The standard InChI is InChI=1S/C9H11.C2H6.BrH.Mg/c1-7-4-8(2)6-9(3)5-7;1-2;;/h4-5H,1-3H3;1-2H3;1H;/q-1;;;+2/p-1. The zero-order chi connectivity index (χ0) is 8.85. The van der Waals surface area contributed by atoms with Gasteiger partial charge in [0.05, 0.1) is 0 Å². The summed E-state index contributed by atoms with van der Waals surface area (Å²) in [4.78, 5) is 0. The Labute approximate surface area is 109 Å². The second-order valence-electron chi connectivity index (χ2n) is 2.52. The Morgan fingerprint density at radius 1 is 0.923 bits per heavy atom. The number of aryl methyl sites for hydroxylation is 3. The number of hydrogen-bond acceptors (Lipinski definition) is 0. The van der Waals surface area contributed by atoms with E-state index in [2.05, 4.69) is 39.0 Å². The molecule has 0 fully saturated rings. The van der Waals surface area contributed by atoms with Crippen molar-refractivity contribution >= 4 is 23.1 Å². The first-order valence-corrected chi connectivity index (χ1v) is 4.15. The van der Waals surface area contributed by atoms with Gasteiger partial charge in [-0.05, 0) is 0 Å². The van der Waals surface area contributed by atoms with Crippen molar-refractivity contribution in [1.29, 1.82) is 0 Å². The van der Waals surface area contributed by atoms with E-state index in [9.17, 15) is 0 Å². The van der Waals surface area contributed by atoms with Crippen LogP contribution < -0.4 is 17.0 Å². The number of benzene rings is 1. The van der Waals surface area contributed by atoms with Crippen LogP contribution in [0.15, 0.2) is 12.1 Å². The zero-order valence-electron chi connectivity index (χ0n) is 9.24. The van der Waals surface area contributed by atoms with Crippen LogP contribution in [-0.4, -0.2) is 23.1 Å². The van der Waals surface area contributed by atoms with Crippen LogP contribution in [0.5, 0.6) is 0 Å². The van der Waals surface area contributed by atoms with Crippen LogP contribution in [-0.2, 0) is 0 Å². The summed E-state index contributed by atoms with van der Waals surface area (Å²) >= 11 is 0. The Kier molecular flexibility index (Phi) is 15.5. The van der Waals surface area contributed by atoms with E-state index in [0.29, 0.717) is 0 Å². The SMILES string of the molecule is CC.Cc1[c-]c(C)cc(C)c1.[Br-].[Mg+2]. The van der Waals surface area contributed by atoms with Gasteiger partial charge in [0.15, 0.2) is 0 Å². The third-order valence-corrected chi connectivity index (χ3v) is 1.28. The molecule has 2 heteroatoms. The van der Waals surface area contributed by atoms with Crippen molar-refractivity contribution in [1.82, 2.24) is 0 Å². The maximum absolute atomic E-state index is 3.21. The molecule has 0 N–H and O–H groups in total. The molecule has 0 saturated heterocycles. The smallest absolute Gasteiger partial charge is 1.00 e. The summed E-state index contributed by atoms with van der Waals surface area (Å²) in [6, 6.07) is 7.47. The van der Waals surface area contributed by atoms with Crippen LogP contribution in [0.3, 0.4) is 0 Å². The molecule has 0 nitrogen and oxygen atoms in total. The van der Waals surface area contributed by atoms with Crippen LogP contribution in [0.25, 0.3) is 0 Å². The molecule has 0 spiro atoms. The van der Waals surface area contributed by atoms with Crippen LogP contribution in [0.2, 0.25) is 0 Å². The van der Waals surface area contributed by atoms with E-state index in [-0.39, 0.29) is 40.0 Å². The summed E-state index contributed by atoms with van der Waals surface area (Å²) in [6.45, 7) is 10.2. The monoisotopic (exact) mass is 252 g/mol. The summed E-state index contributed by atoms with van der Waals surface area (Å²) in [5.74, 6) is 0. The van der Waals surface area contributed by atoms with Gasteiger partial charge in [0, 0.05) is 0 Å². The average Bonchev–Trinajstić information content (AvgIpc) is 1.88. The normalized spacial score (nSPS) is 7.15. The molecule has 1 rings (SSSR count). The molecule has 13 heavy (non-hydrogen) atoms. The number of halogens is 1. The van der Waals surface area contributed by atoms with Crippen LogP contribution in [0, 0.1) is 26.8 Å². The van der Waals surface area contributed by atoms with E-state index >= 15 is 0 Å². The molecule has 0 atom stereocenters. The fourth-order valence-corrected chi connectivity index (χ4v) is 1.11. The fraction of sp³-hybridized carbons (Fsp3) is 0.455. The van der Waals surface area contributed by atoms with Crippen molar-refractivity contribution in [2.45, 2.75) is 34.6 Å². The van der Waals surface area contributed by atoms with Crippen molar-refractivity contribution in [3.63, 3.8) is 0 Å². The summed E-state index contributed by atoms with van der Waals surface area (Å²) in [7, 11) is 0. The van der Waals surface area contributed by atoms with E-state index in [1.807, 2.05) is 13.8 Å². The van der Waals surface area contributed by atoms with Crippen molar-refractivity contribution in [2.75, 3.05) is 0 Å². The molecule has 70 valence electrons. The summed E-state index contributed by atoms with van der Waals surface area (Å²) in [5.41, 5.74) is 3.78. The van der Waals surface area contributed by atoms with Gasteiger partial charge in [-0.3, -0.25) is 0 Å².